The maximum absolute atomic E-state index is 5.91. The average Bonchev–Trinajstić information content (AvgIpc) is 3.26. The van der Waals surface area contributed by atoms with E-state index in [-0.39, 0.29) is 6.04 Å². The third kappa shape index (κ3) is 3.86. The van der Waals surface area contributed by atoms with Crippen molar-refractivity contribution in [3.8, 4) is 11.6 Å². The Morgan fingerprint density at radius 1 is 1.23 bits per heavy atom. The van der Waals surface area contributed by atoms with E-state index in [1.54, 1.807) is 18.3 Å². The molecule has 1 fully saturated rings. The standard InChI is InChI=1S/C19H20ClN5O/c1-24-11-15(22-13-24)12-25-8-2-3-18(25)17-9-21-10-19(23-17)26-16-6-4-14(20)5-7-16/h4-7,9-11,13,18H,2-3,8,12H2,1H3/t18-/m1/s1. The molecule has 0 bridgehead atoms. The second kappa shape index (κ2) is 7.43. The molecule has 0 N–H and O–H groups in total. The highest BCUT2D eigenvalue weighted by Crippen LogP contribution is 2.32. The monoisotopic (exact) mass is 369 g/mol. The molecule has 134 valence electrons. The molecule has 4 rings (SSSR count). The van der Waals surface area contributed by atoms with Gasteiger partial charge in [0, 0.05) is 24.8 Å². The van der Waals surface area contributed by atoms with Crippen LogP contribution in [0.5, 0.6) is 11.6 Å². The molecule has 1 atom stereocenters. The van der Waals surface area contributed by atoms with Crippen molar-refractivity contribution in [3.63, 3.8) is 0 Å². The number of ether oxygens (including phenoxy) is 1. The molecule has 3 heterocycles. The number of aryl methyl sites for hydroxylation is 1. The number of hydrogen-bond acceptors (Lipinski definition) is 5. The zero-order valence-corrected chi connectivity index (χ0v) is 15.3. The molecule has 2 aromatic heterocycles. The van der Waals surface area contributed by atoms with Crippen molar-refractivity contribution in [1.29, 1.82) is 0 Å². The number of likely N-dealkylation sites (tertiary alicyclic amines) is 1. The predicted octanol–water partition coefficient (Wildman–Crippen LogP) is 3.99. The molecule has 26 heavy (non-hydrogen) atoms. The highest BCUT2D eigenvalue weighted by molar-refractivity contribution is 6.30. The first kappa shape index (κ1) is 17.0. The van der Waals surface area contributed by atoms with Gasteiger partial charge >= 0.3 is 0 Å². The lowest BCUT2D eigenvalue weighted by Crippen LogP contribution is -2.23. The summed E-state index contributed by atoms with van der Waals surface area (Å²) in [6, 6.07) is 7.46. The zero-order valence-electron chi connectivity index (χ0n) is 14.5. The van der Waals surface area contributed by atoms with Gasteiger partial charge in [0.15, 0.2) is 0 Å². The summed E-state index contributed by atoms with van der Waals surface area (Å²) in [5, 5.41) is 0.674. The first-order chi connectivity index (χ1) is 12.7. The van der Waals surface area contributed by atoms with Crippen LogP contribution in [-0.2, 0) is 13.6 Å². The SMILES string of the molecule is Cn1cnc(CN2CCC[C@@H]2c2cncc(Oc3ccc(Cl)cc3)n2)c1. The van der Waals surface area contributed by atoms with Crippen LogP contribution in [0.1, 0.15) is 30.3 Å². The number of rotatable bonds is 5. The van der Waals surface area contributed by atoms with Crippen molar-refractivity contribution >= 4 is 11.6 Å². The van der Waals surface area contributed by atoms with Gasteiger partial charge in [0.1, 0.15) is 5.75 Å². The van der Waals surface area contributed by atoms with Crippen LogP contribution in [0.15, 0.2) is 49.2 Å². The summed E-state index contributed by atoms with van der Waals surface area (Å²) in [5.41, 5.74) is 2.01. The van der Waals surface area contributed by atoms with E-state index in [0.717, 1.165) is 37.3 Å². The molecule has 1 saturated heterocycles. The van der Waals surface area contributed by atoms with Crippen LogP contribution in [-0.4, -0.2) is 31.0 Å². The number of benzene rings is 1. The van der Waals surface area contributed by atoms with Crippen molar-refractivity contribution in [2.24, 2.45) is 7.05 Å². The van der Waals surface area contributed by atoms with Crippen LogP contribution >= 0.6 is 11.6 Å². The molecule has 1 aromatic carbocycles. The smallest absolute Gasteiger partial charge is 0.238 e. The van der Waals surface area contributed by atoms with Crippen molar-refractivity contribution < 1.29 is 4.74 Å². The summed E-state index contributed by atoms with van der Waals surface area (Å²) < 4.78 is 7.80. The van der Waals surface area contributed by atoms with Crippen molar-refractivity contribution in [1.82, 2.24) is 24.4 Å². The van der Waals surface area contributed by atoms with Crippen molar-refractivity contribution in [2.75, 3.05) is 6.54 Å². The fourth-order valence-electron chi connectivity index (χ4n) is 3.30. The molecule has 0 unspecified atom stereocenters. The lowest BCUT2D eigenvalue weighted by Gasteiger charge is -2.23. The highest BCUT2D eigenvalue weighted by atomic mass is 35.5. The molecule has 0 aliphatic carbocycles. The van der Waals surface area contributed by atoms with Crippen LogP contribution in [0.2, 0.25) is 5.02 Å². The fourth-order valence-corrected chi connectivity index (χ4v) is 3.43. The first-order valence-electron chi connectivity index (χ1n) is 8.63. The first-order valence-corrected chi connectivity index (χ1v) is 9.01. The molecule has 0 saturated carbocycles. The van der Waals surface area contributed by atoms with Crippen LogP contribution in [0.25, 0.3) is 0 Å². The molecule has 1 aliphatic rings. The van der Waals surface area contributed by atoms with E-state index < -0.39 is 0 Å². The Morgan fingerprint density at radius 2 is 2.08 bits per heavy atom. The fraction of sp³-hybridized carbons (Fsp3) is 0.316. The minimum absolute atomic E-state index is 0.235. The van der Waals surface area contributed by atoms with Gasteiger partial charge in [-0.2, -0.15) is 0 Å². The second-order valence-corrected chi connectivity index (χ2v) is 6.93. The van der Waals surface area contributed by atoms with Crippen LogP contribution in [0, 0.1) is 0 Å². The summed E-state index contributed by atoms with van der Waals surface area (Å²) in [4.78, 5) is 15.9. The quantitative estimate of drug-likeness (QED) is 0.680. The molecule has 0 amide bonds. The van der Waals surface area contributed by atoms with Gasteiger partial charge < -0.3 is 9.30 Å². The summed E-state index contributed by atoms with van der Waals surface area (Å²) in [7, 11) is 1.99. The second-order valence-electron chi connectivity index (χ2n) is 6.50. The predicted molar refractivity (Wildman–Crippen MR) is 99.2 cm³/mol. The minimum atomic E-state index is 0.235. The number of nitrogens with zero attached hydrogens (tertiary/aromatic N) is 5. The van der Waals surface area contributed by atoms with E-state index in [9.17, 15) is 0 Å². The largest absolute Gasteiger partial charge is 0.437 e. The van der Waals surface area contributed by atoms with Gasteiger partial charge in [0.25, 0.3) is 0 Å². The van der Waals surface area contributed by atoms with Crippen LogP contribution < -0.4 is 4.74 Å². The third-order valence-corrected chi connectivity index (χ3v) is 4.75. The van der Waals surface area contributed by atoms with E-state index in [1.165, 1.54) is 0 Å². The summed E-state index contributed by atoms with van der Waals surface area (Å²) in [5.74, 6) is 1.19. The Labute approximate surface area is 157 Å². The minimum Gasteiger partial charge on any atom is -0.437 e. The Morgan fingerprint density at radius 3 is 2.85 bits per heavy atom. The number of imidazole rings is 1. The highest BCUT2D eigenvalue weighted by Gasteiger charge is 2.28. The molecule has 7 heteroatoms. The Hall–Kier alpha value is -2.44. The van der Waals surface area contributed by atoms with Crippen molar-refractivity contribution in [2.45, 2.75) is 25.4 Å². The lowest BCUT2D eigenvalue weighted by atomic mass is 10.1. The van der Waals surface area contributed by atoms with E-state index in [4.69, 9.17) is 16.3 Å². The molecular formula is C19H20ClN5O. The summed E-state index contributed by atoms with van der Waals surface area (Å²) in [6.07, 6.45) is 9.56. The number of halogens is 1. The molecule has 1 aliphatic heterocycles. The topological polar surface area (TPSA) is 56.1 Å². The third-order valence-electron chi connectivity index (χ3n) is 4.50. The van der Waals surface area contributed by atoms with E-state index in [0.29, 0.717) is 16.7 Å². The van der Waals surface area contributed by atoms with Crippen LogP contribution in [0.4, 0.5) is 0 Å². The van der Waals surface area contributed by atoms with E-state index in [1.807, 2.05) is 36.3 Å². The van der Waals surface area contributed by atoms with Gasteiger partial charge in [-0.3, -0.25) is 9.88 Å². The summed E-state index contributed by atoms with van der Waals surface area (Å²) in [6.45, 7) is 1.85. The molecule has 6 nitrogen and oxygen atoms in total. The van der Waals surface area contributed by atoms with Gasteiger partial charge in [-0.1, -0.05) is 11.6 Å². The van der Waals surface area contributed by atoms with Gasteiger partial charge in [0.2, 0.25) is 5.88 Å². The molecule has 0 radical (unpaired) electrons. The summed E-state index contributed by atoms with van der Waals surface area (Å²) >= 11 is 5.91. The van der Waals surface area contributed by atoms with Gasteiger partial charge in [-0.25, -0.2) is 9.97 Å². The van der Waals surface area contributed by atoms with Gasteiger partial charge in [-0.05, 0) is 43.7 Å². The van der Waals surface area contributed by atoms with Gasteiger partial charge in [-0.15, -0.1) is 0 Å². The Kier molecular flexibility index (Phi) is 4.86. The van der Waals surface area contributed by atoms with E-state index in [2.05, 4.69) is 26.0 Å². The Balaban J connectivity index is 1.50. The van der Waals surface area contributed by atoms with Gasteiger partial charge in [0.05, 0.1) is 36.2 Å². The van der Waals surface area contributed by atoms with E-state index >= 15 is 0 Å². The van der Waals surface area contributed by atoms with Crippen molar-refractivity contribution in [3.05, 3.63) is 65.6 Å². The molecule has 0 spiro atoms. The molecule has 3 aromatic rings. The Bertz CT molecular complexity index is 880. The zero-order chi connectivity index (χ0) is 17.9. The average molecular weight is 370 g/mol. The van der Waals surface area contributed by atoms with Crippen LogP contribution in [0.3, 0.4) is 0 Å². The maximum Gasteiger partial charge on any atom is 0.238 e. The maximum atomic E-state index is 5.91. The number of hydrogen-bond donors (Lipinski definition) is 0. The molecular weight excluding hydrogens is 350 g/mol. The number of aromatic nitrogens is 4. The normalized spacial score (nSPS) is 17.5. The lowest BCUT2D eigenvalue weighted by molar-refractivity contribution is 0.240.